The molecule has 1 saturated heterocycles. The zero-order chi connectivity index (χ0) is 14.3. The molecule has 0 bridgehead atoms. The molecule has 3 unspecified atom stereocenters. The van der Waals surface area contributed by atoms with Gasteiger partial charge in [-0.15, -0.1) is 0 Å². The first-order chi connectivity index (χ1) is 9.00. The smallest absolute Gasteiger partial charge is 0.105 e. The van der Waals surface area contributed by atoms with Crippen LogP contribution in [0.15, 0.2) is 0 Å². The maximum atomic E-state index is 9.32. The second kappa shape index (κ2) is 7.84. The minimum absolute atomic E-state index is 0.394. The summed E-state index contributed by atoms with van der Waals surface area (Å²) in [4.78, 5) is 2.37. The van der Waals surface area contributed by atoms with E-state index in [2.05, 4.69) is 30.3 Å². The molecule has 110 valence electrons. The number of rotatable bonds is 7. The number of ether oxygens (including phenoxy) is 1. The zero-order valence-corrected chi connectivity index (χ0v) is 12.9. The molecule has 0 radical (unpaired) electrons. The first-order valence-corrected chi connectivity index (χ1v) is 7.45. The normalized spacial score (nSPS) is 24.7. The highest BCUT2D eigenvalue weighted by Crippen LogP contribution is 2.19. The highest BCUT2D eigenvalue weighted by molar-refractivity contribution is 5.05. The van der Waals surface area contributed by atoms with Gasteiger partial charge in [-0.3, -0.25) is 5.32 Å². The van der Waals surface area contributed by atoms with Gasteiger partial charge in [-0.25, -0.2) is 0 Å². The molecule has 0 aromatic heterocycles. The van der Waals surface area contributed by atoms with Gasteiger partial charge >= 0.3 is 0 Å². The van der Waals surface area contributed by atoms with E-state index in [1.54, 1.807) is 0 Å². The molecule has 4 heteroatoms. The fourth-order valence-electron chi connectivity index (χ4n) is 2.83. The molecule has 0 spiro atoms. The van der Waals surface area contributed by atoms with Crippen LogP contribution in [0.3, 0.4) is 0 Å². The van der Waals surface area contributed by atoms with Crippen LogP contribution >= 0.6 is 0 Å². The summed E-state index contributed by atoms with van der Waals surface area (Å²) in [5, 5.41) is 12.6. The third kappa shape index (κ3) is 5.48. The van der Waals surface area contributed by atoms with Crippen molar-refractivity contribution in [2.75, 3.05) is 33.4 Å². The molecule has 3 atom stereocenters. The van der Waals surface area contributed by atoms with Crippen LogP contribution in [-0.4, -0.2) is 49.8 Å². The van der Waals surface area contributed by atoms with Crippen molar-refractivity contribution in [2.45, 2.75) is 51.6 Å². The van der Waals surface area contributed by atoms with Crippen LogP contribution in [0, 0.1) is 17.2 Å². The third-order valence-corrected chi connectivity index (χ3v) is 4.07. The summed E-state index contributed by atoms with van der Waals surface area (Å²) < 4.78 is 5.53. The van der Waals surface area contributed by atoms with Gasteiger partial charge in [0.1, 0.15) is 5.54 Å². The van der Waals surface area contributed by atoms with Gasteiger partial charge < -0.3 is 9.64 Å². The second-order valence-corrected chi connectivity index (χ2v) is 6.05. The molecule has 0 amide bonds. The Hall–Kier alpha value is -0.630. The lowest BCUT2D eigenvalue weighted by Crippen LogP contribution is -2.47. The van der Waals surface area contributed by atoms with Crippen molar-refractivity contribution in [1.82, 2.24) is 10.2 Å². The Bertz CT molecular complexity index is 296. The van der Waals surface area contributed by atoms with E-state index >= 15 is 0 Å². The van der Waals surface area contributed by atoms with Crippen molar-refractivity contribution in [3.8, 4) is 6.07 Å². The zero-order valence-electron chi connectivity index (χ0n) is 12.9. The van der Waals surface area contributed by atoms with Crippen LogP contribution in [-0.2, 0) is 4.74 Å². The summed E-state index contributed by atoms with van der Waals surface area (Å²) in [5.41, 5.74) is -0.425. The molecule has 0 saturated carbocycles. The van der Waals surface area contributed by atoms with Gasteiger partial charge in [0.15, 0.2) is 0 Å². The van der Waals surface area contributed by atoms with Crippen molar-refractivity contribution in [3.05, 3.63) is 0 Å². The van der Waals surface area contributed by atoms with Crippen LogP contribution in [0.5, 0.6) is 0 Å². The lowest BCUT2D eigenvalue weighted by Gasteiger charge is -2.34. The second-order valence-electron chi connectivity index (χ2n) is 6.05. The number of nitriles is 1. The minimum Gasteiger partial charge on any atom is -0.381 e. The summed E-state index contributed by atoms with van der Waals surface area (Å²) in [6.07, 6.45) is 3.29. The van der Waals surface area contributed by atoms with Gasteiger partial charge in [0.25, 0.3) is 0 Å². The predicted molar refractivity (Wildman–Crippen MR) is 77.9 cm³/mol. The van der Waals surface area contributed by atoms with Gasteiger partial charge in [-0.2, -0.15) is 5.26 Å². The first-order valence-electron chi connectivity index (χ1n) is 7.45. The number of hydrogen-bond acceptors (Lipinski definition) is 4. The summed E-state index contributed by atoms with van der Waals surface area (Å²) in [6, 6.07) is 2.80. The van der Waals surface area contributed by atoms with E-state index in [1.807, 2.05) is 13.8 Å². The molecule has 0 aromatic rings. The molecule has 1 N–H and O–H groups in total. The van der Waals surface area contributed by atoms with E-state index in [9.17, 15) is 5.26 Å². The van der Waals surface area contributed by atoms with E-state index in [0.717, 1.165) is 32.7 Å². The topological polar surface area (TPSA) is 48.3 Å². The predicted octanol–water partition coefficient (Wildman–Crippen LogP) is 2.02. The summed E-state index contributed by atoms with van der Waals surface area (Å²) in [7, 11) is 2.16. The van der Waals surface area contributed by atoms with Crippen LogP contribution in [0.25, 0.3) is 0 Å². The average Bonchev–Trinajstić information content (AvgIpc) is 2.40. The highest BCUT2D eigenvalue weighted by atomic mass is 16.5. The quantitative estimate of drug-likeness (QED) is 0.766. The minimum atomic E-state index is -0.425. The maximum Gasteiger partial charge on any atom is 0.105 e. The monoisotopic (exact) mass is 267 g/mol. The summed E-state index contributed by atoms with van der Waals surface area (Å²) in [5.74, 6) is 0.647. The molecule has 1 heterocycles. The Labute approximate surface area is 118 Å². The Morgan fingerprint density at radius 1 is 1.58 bits per heavy atom. The highest BCUT2D eigenvalue weighted by Gasteiger charge is 2.28. The first kappa shape index (κ1) is 16.4. The van der Waals surface area contributed by atoms with Crippen LogP contribution in [0.4, 0.5) is 0 Å². The van der Waals surface area contributed by atoms with Gasteiger partial charge in [0.05, 0.1) is 12.7 Å². The fourth-order valence-corrected chi connectivity index (χ4v) is 2.83. The van der Waals surface area contributed by atoms with Gasteiger partial charge in [-0.05, 0) is 52.6 Å². The van der Waals surface area contributed by atoms with E-state index in [0.29, 0.717) is 12.0 Å². The van der Waals surface area contributed by atoms with Gasteiger partial charge in [-0.1, -0.05) is 6.92 Å². The van der Waals surface area contributed by atoms with Crippen LogP contribution < -0.4 is 5.32 Å². The van der Waals surface area contributed by atoms with Crippen LogP contribution in [0.1, 0.15) is 40.0 Å². The Morgan fingerprint density at radius 2 is 2.32 bits per heavy atom. The molecule has 1 aliphatic heterocycles. The van der Waals surface area contributed by atoms with E-state index < -0.39 is 5.54 Å². The van der Waals surface area contributed by atoms with E-state index in [1.165, 1.54) is 12.8 Å². The van der Waals surface area contributed by atoms with Crippen molar-refractivity contribution in [1.29, 1.82) is 5.26 Å². The van der Waals surface area contributed by atoms with Crippen molar-refractivity contribution >= 4 is 0 Å². The number of nitrogens with one attached hydrogen (secondary N) is 1. The fraction of sp³-hybridized carbons (Fsp3) is 0.933. The molecule has 0 aromatic carbocycles. The molecule has 19 heavy (non-hydrogen) atoms. The SMILES string of the molecule is CCNC(C)(C#N)CC(C)N(C)CC1CCCOC1. The molecular formula is C15H29N3O. The number of hydrogen-bond donors (Lipinski definition) is 1. The lowest BCUT2D eigenvalue weighted by molar-refractivity contribution is 0.0355. The largest absolute Gasteiger partial charge is 0.381 e. The Kier molecular flexibility index (Phi) is 6.78. The van der Waals surface area contributed by atoms with Crippen molar-refractivity contribution in [2.24, 2.45) is 5.92 Å². The van der Waals surface area contributed by atoms with E-state index in [4.69, 9.17) is 4.74 Å². The third-order valence-electron chi connectivity index (χ3n) is 4.07. The molecular weight excluding hydrogens is 238 g/mol. The standard InChI is InChI=1S/C15H29N3O/c1-5-17-15(3,12-16)9-13(2)18(4)10-14-7-6-8-19-11-14/h13-14,17H,5-11H2,1-4H3. The summed E-state index contributed by atoms with van der Waals surface area (Å²) >= 11 is 0. The lowest BCUT2D eigenvalue weighted by atomic mass is 9.93. The number of nitrogens with zero attached hydrogens (tertiary/aromatic N) is 2. The maximum absolute atomic E-state index is 9.32. The molecule has 0 aliphatic carbocycles. The van der Waals surface area contributed by atoms with Crippen molar-refractivity contribution < 1.29 is 4.74 Å². The molecule has 1 rings (SSSR count). The van der Waals surface area contributed by atoms with E-state index in [-0.39, 0.29) is 0 Å². The summed E-state index contributed by atoms with van der Waals surface area (Å²) in [6.45, 7) is 9.94. The molecule has 4 nitrogen and oxygen atoms in total. The molecule has 1 fully saturated rings. The van der Waals surface area contributed by atoms with Crippen LogP contribution in [0.2, 0.25) is 0 Å². The Morgan fingerprint density at radius 3 is 2.84 bits per heavy atom. The van der Waals surface area contributed by atoms with Gasteiger partial charge in [0.2, 0.25) is 0 Å². The Balaban J connectivity index is 2.42. The average molecular weight is 267 g/mol. The molecule has 1 aliphatic rings. The van der Waals surface area contributed by atoms with Crippen molar-refractivity contribution in [3.63, 3.8) is 0 Å². The van der Waals surface area contributed by atoms with Gasteiger partial charge in [0, 0.05) is 19.2 Å².